The molecule has 24 heavy (non-hydrogen) atoms. The summed E-state index contributed by atoms with van der Waals surface area (Å²) in [5, 5.41) is 0.764. The normalized spacial score (nSPS) is 11.9. The first-order valence-corrected chi connectivity index (χ1v) is 8.84. The summed E-state index contributed by atoms with van der Waals surface area (Å²) in [7, 11) is 1.86. The number of aromatic nitrogens is 1. The molecule has 0 saturated carbocycles. The van der Waals surface area contributed by atoms with Crippen LogP contribution in [0.5, 0.6) is 5.75 Å². The predicted molar refractivity (Wildman–Crippen MR) is 98.3 cm³/mol. The van der Waals surface area contributed by atoms with Crippen molar-refractivity contribution in [2.24, 2.45) is 12.0 Å². The molecular formula is C17H14Cl2N2O2S. The van der Waals surface area contributed by atoms with E-state index >= 15 is 0 Å². The highest BCUT2D eigenvalue weighted by Crippen LogP contribution is 2.27. The highest BCUT2D eigenvalue weighted by molar-refractivity contribution is 7.16. The van der Waals surface area contributed by atoms with Gasteiger partial charge in [-0.05, 0) is 37.3 Å². The van der Waals surface area contributed by atoms with Gasteiger partial charge < -0.3 is 9.30 Å². The molecule has 3 aromatic rings. The number of para-hydroxylation sites is 1. The minimum Gasteiger partial charge on any atom is -0.492 e. The molecule has 1 aromatic heterocycles. The van der Waals surface area contributed by atoms with Gasteiger partial charge in [-0.1, -0.05) is 40.6 Å². The number of carbonyl (C=O) groups is 1. The van der Waals surface area contributed by atoms with Gasteiger partial charge in [-0.15, -0.1) is 0 Å². The van der Waals surface area contributed by atoms with Gasteiger partial charge in [0.15, 0.2) is 4.80 Å². The molecule has 0 aliphatic carbocycles. The molecule has 0 aliphatic heterocycles. The third kappa shape index (κ3) is 3.20. The predicted octanol–water partition coefficient (Wildman–Crippen LogP) is 4.69. The van der Waals surface area contributed by atoms with Crippen LogP contribution in [0.25, 0.3) is 10.2 Å². The fraction of sp³-hybridized carbons (Fsp3) is 0.176. The molecule has 1 heterocycles. The number of nitrogens with zero attached hydrogens (tertiary/aromatic N) is 2. The Hall–Kier alpha value is -1.82. The Labute approximate surface area is 152 Å². The summed E-state index contributed by atoms with van der Waals surface area (Å²) in [6.45, 7) is 2.50. The zero-order valence-electron chi connectivity index (χ0n) is 13.0. The highest BCUT2D eigenvalue weighted by atomic mass is 35.5. The van der Waals surface area contributed by atoms with Crippen LogP contribution in [0, 0.1) is 0 Å². The van der Waals surface area contributed by atoms with Gasteiger partial charge in [0.05, 0.1) is 21.9 Å². The van der Waals surface area contributed by atoms with E-state index in [4.69, 9.17) is 27.9 Å². The smallest absolute Gasteiger partial charge is 0.281 e. The van der Waals surface area contributed by atoms with E-state index in [0.717, 1.165) is 16.0 Å². The molecule has 0 bridgehead atoms. The monoisotopic (exact) mass is 380 g/mol. The Morgan fingerprint density at radius 1 is 1.29 bits per heavy atom. The maximum Gasteiger partial charge on any atom is 0.281 e. The number of carbonyl (C=O) groups excluding carboxylic acids is 1. The Bertz CT molecular complexity index is 992. The average Bonchev–Trinajstić information content (AvgIpc) is 2.84. The second kappa shape index (κ2) is 6.97. The van der Waals surface area contributed by atoms with Crippen LogP contribution in [0.4, 0.5) is 0 Å². The van der Waals surface area contributed by atoms with Crippen LogP contribution < -0.4 is 9.54 Å². The number of rotatable bonds is 3. The van der Waals surface area contributed by atoms with Crippen molar-refractivity contribution in [3.8, 4) is 5.75 Å². The summed E-state index contributed by atoms with van der Waals surface area (Å²) in [6.07, 6.45) is 0. The molecule has 0 atom stereocenters. The molecule has 0 N–H and O–H groups in total. The van der Waals surface area contributed by atoms with Gasteiger partial charge in [-0.2, -0.15) is 4.99 Å². The van der Waals surface area contributed by atoms with E-state index in [0.29, 0.717) is 22.0 Å². The summed E-state index contributed by atoms with van der Waals surface area (Å²) in [5.74, 6) is 0.365. The number of hydrogen-bond acceptors (Lipinski definition) is 3. The summed E-state index contributed by atoms with van der Waals surface area (Å²) in [4.78, 5) is 17.2. The molecule has 7 heteroatoms. The van der Waals surface area contributed by atoms with E-state index in [9.17, 15) is 4.79 Å². The maximum atomic E-state index is 12.5. The number of ether oxygens (including phenoxy) is 1. The number of fused-ring (bicyclic) bond motifs is 1. The summed E-state index contributed by atoms with van der Waals surface area (Å²) in [6, 6.07) is 10.5. The van der Waals surface area contributed by atoms with Crippen molar-refractivity contribution >= 4 is 50.7 Å². The van der Waals surface area contributed by atoms with Gasteiger partial charge in [-0.25, -0.2) is 0 Å². The lowest BCUT2D eigenvalue weighted by molar-refractivity contribution is 0.0998. The quantitative estimate of drug-likeness (QED) is 0.661. The van der Waals surface area contributed by atoms with Crippen molar-refractivity contribution in [3.63, 3.8) is 0 Å². The summed E-state index contributed by atoms with van der Waals surface area (Å²) >= 11 is 13.4. The first-order valence-electron chi connectivity index (χ1n) is 7.26. The standard InChI is InChI=1S/C17H14Cl2N2O2S/c1-3-23-13-5-4-6-14-15(13)21(2)17(24-14)20-16(22)11-8-7-10(18)9-12(11)19/h4-9H,3H2,1-2H3. The summed E-state index contributed by atoms with van der Waals surface area (Å²) < 4.78 is 8.51. The fourth-order valence-corrected chi connectivity index (χ4v) is 3.88. The largest absolute Gasteiger partial charge is 0.492 e. The van der Waals surface area contributed by atoms with E-state index < -0.39 is 5.91 Å². The van der Waals surface area contributed by atoms with Gasteiger partial charge >= 0.3 is 0 Å². The molecule has 0 aliphatic rings. The lowest BCUT2D eigenvalue weighted by atomic mass is 10.2. The minimum absolute atomic E-state index is 0.287. The first kappa shape index (κ1) is 17.0. The van der Waals surface area contributed by atoms with E-state index in [2.05, 4.69) is 4.99 Å². The fourth-order valence-electron chi connectivity index (χ4n) is 2.36. The zero-order valence-corrected chi connectivity index (χ0v) is 15.4. The van der Waals surface area contributed by atoms with Gasteiger partial charge in [0, 0.05) is 12.1 Å². The molecule has 124 valence electrons. The van der Waals surface area contributed by atoms with Crippen LogP contribution in [0.3, 0.4) is 0 Å². The molecule has 0 unspecified atom stereocenters. The number of aryl methyl sites for hydroxylation is 1. The van der Waals surface area contributed by atoms with Crippen molar-refractivity contribution in [1.29, 1.82) is 0 Å². The molecule has 4 nitrogen and oxygen atoms in total. The minimum atomic E-state index is -0.406. The van der Waals surface area contributed by atoms with Crippen molar-refractivity contribution in [2.45, 2.75) is 6.92 Å². The van der Waals surface area contributed by atoms with E-state index in [1.54, 1.807) is 12.1 Å². The second-order valence-corrected chi connectivity index (χ2v) is 6.87. The van der Waals surface area contributed by atoms with Gasteiger partial charge in [-0.3, -0.25) is 4.79 Å². The van der Waals surface area contributed by atoms with Crippen molar-refractivity contribution in [1.82, 2.24) is 4.57 Å². The topological polar surface area (TPSA) is 43.6 Å². The van der Waals surface area contributed by atoms with Gasteiger partial charge in [0.1, 0.15) is 11.3 Å². The maximum absolute atomic E-state index is 12.5. The van der Waals surface area contributed by atoms with E-state index in [1.807, 2.05) is 36.7 Å². The molecule has 0 fully saturated rings. The number of amides is 1. The number of hydrogen-bond donors (Lipinski definition) is 0. The number of benzene rings is 2. The molecule has 0 spiro atoms. The Kier molecular flexibility index (Phi) is 4.94. The Morgan fingerprint density at radius 3 is 2.79 bits per heavy atom. The van der Waals surface area contributed by atoms with Crippen molar-refractivity contribution in [2.75, 3.05) is 6.61 Å². The van der Waals surface area contributed by atoms with Crippen LogP contribution in [0.1, 0.15) is 17.3 Å². The summed E-state index contributed by atoms with van der Waals surface area (Å²) in [5.41, 5.74) is 1.24. The average molecular weight is 381 g/mol. The zero-order chi connectivity index (χ0) is 17.3. The number of halogens is 2. The molecule has 1 amide bonds. The van der Waals surface area contributed by atoms with Gasteiger partial charge in [0.2, 0.25) is 0 Å². The van der Waals surface area contributed by atoms with Crippen LogP contribution in [0.2, 0.25) is 10.0 Å². The Balaban J connectivity index is 2.12. The van der Waals surface area contributed by atoms with E-state index in [-0.39, 0.29) is 5.02 Å². The third-order valence-corrected chi connectivity index (χ3v) is 5.09. The number of thiazole rings is 1. The molecule has 2 aromatic carbocycles. The van der Waals surface area contributed by atoms with Crippen LogP contribution in [-0.2, 0) is 7.05 Å². The SMILES string of the molecule is CCOc1cccc2sc(=NC(=O)c3ccc(Cl)cc3Cl)n(C)c12. The van der Waals surface area contributed by atoms with Crippen LogP contribution >= 0.6 is 34.5 Å². The van der Waals surface area contributed by atoms with Crippen LogP contribution in [-0.4, -0.2) is 17.1 Å². The van der Waals surface area contributed by atoms with Crippen molar-refractivity contribution < 1.29 is 9.53 Å². The Morgan fingerprint density at radius 2 is 2.08 bits per heavy atom. The van der Waals surface area contributed by atoms with Crippen LogP contribution in [0.15, 0.2) is 41.4 Å². The second-order valence-electron chi connectivity index (χ2n) is 5.02. The van der Waals surface area contributed by atoms with E-state index in [1.165, 1.54) is 17.4 Å². The van der Waals surface area contributed by atoms with Gasteiger partial charge in [0.25, 0.3) is 5.91 Å². The highest BCUT2D eigenvalue weighted by Gasteiger charge is 2.13. The van der Waals surface area contributed by atoms with Crippen molar-refractivity contribution in [3.05, 3.63) is 56.8 Å². The molecule has 3 rings (SSSR count). The molecule has 0 radical (unpaired) electrons. The lowest BCUT2D eigenvalue weighted by Crippen LogP contribution is -2.14. The first-order chi connectivity index (χ1) is 11.5. The molecule has 0 saturated heterocycles. The lowest BCUT2D eigenvalue weighted by Gasteiger charge is -2.05. The third-order valence-electron chi connectivity index (χ3n) is 3.44. The molecular weight excluding hydrogens is 367 g/mol.